The van der Waals surface area contributed by atoms with Crippen LogP contribution in [0, 0.1) is 5.41 Å². The van der Waals surface area contributed by atoms with Gasteiger partial charge in [-0.05, 0) is 24.0 Å². The second kappa shape index (κ2) is 17.5. The fourth-order valence-corrected chi connectivity index (χ4v) is 9.97. The Labute approximate surface area is 357 Å². The summed E-state index contributed by atoms with van der Waals surface area (Å²) in [5.41, 5.74) is 1.44. The number of aliphatic hydroxyl groups is 5. The summed E-state index contributed by atoms with van der Waals surface area (Å²) >= 11 is 0. The van der Waals surface area contributed by atoms with Crippen molar-refractivity contribution in [2.75, 3.05) is 32.9 Å². The van der Waals surface area contributed by atoms with Crippen molar-refractivity contribution < 1.29 is 68.4 Å². The van der Waals surface area contributed by atoms with Gasteiger partial charge in [-0.2, -0.15) is 5.06 Å². The Kier molecular flexibility index (Phi) is 12.0. The molecule has 6 N–H and O–H groups in total. The minimum atomic E-state index is -1.55. The summed E-state index contributed by atoms with van der Waals surface area (Å²) in [6, 6.07) is 24.3. The van der Waals surface area contributed by atoms with Crippen LogP contribution >= 0.6 is 0 Å². The summed E-state index contributed by atoms with van der Waals surface area (Å²) in [4.78, 5) is 51.6. The predicted molar refractivity (Wildman–Crippen MR) is 215 cm³/mol. The minimum Gasteiger partial charge on any atom is -0.458 e. The van der Waals surface area contributed by atoms with E-state index < -0.39 is 96.9 Å². The fourth-order valence-electron chi connectivity index (χ4n) is 9.97. The van der Waals surface area contributed by atoms with Crippen molar-refractivity contribution in [2.45, 2.75) is 98.8 Å². The van der Waals surface area contributed by atoms with Crippen molar-refractivity contribution in [1.29, 1.82) is 0 Å². The molecule has 0 radical (unpaired) electrons. The highest BCUT2D eigenvalue weighted by Gasteiger charge is 2.77. The SMILES string of the molecule is O=C(NCCO)C1CCCN1C(=O)C12CC3OC(=O)C1N(Cc1ccc(C=CCOC4OC(CO)C(O)C(O)C4O)cc1)OC2C1OC(c2ccccc2)(c2ccccc2)OC31. The summed E-state index contributed by atoms with van der Waals surface area (Å²) < 4.78 is 31.2. The monoisotopic (exact) mass is 857 g/mol. The van der Waals surface area contributed by atoms with E-state index in [0.29, 0.717) is 30.5 Å². The van der Waals surface area contributed by atoms with Gasteiger partial charge in [-0.15, -0.1) is 0 Å². The van der Waals surface area contributed by atoms with Gasteiger partial charge in [0.1, 0.15) is 60.3 Å². The van der Waals surface area contributed by atoms with E-state index in [9.17, 15) is 35.1 Å². The first kappa shape index (κ1) is 42.7. The van der Waals surface area contributed by atoms with Crippen LogP contribution in [-0.2, 0) is 55.2 Å². The van der Waals surface area contributed by atoms with Gasteiger partial charge in [-0.1, -0.05) is 97.1 Å². The molecule has 5 heterocycles. The van der Waals surface area contributed by atoms with Gasteiger partial charge in [0, 0.05) is 30.6 Å². The van der Waals surface area contributed by atoms with Gasteiger partial charge in [0.25, 0.3) is 0 Å². The predicted octanol–water partition coefficient (Wildman–Crippen LogP) is 0.101. The van der Waals surface area contributed by atoms with Crippen molar-refractivity contribution in [3.8, 4) is 0 Å². The Balaban J connectivity index is 0.997. The third-order valence-corrected chi connectivity index (χ3v) is 12.9. The maximum atomic E-state index is 15.4. The number of rotatable bonds is 13. The summed E-state index contributed by atoms with van der Waals surface area (Å²) in [6.45, 7) is -0.409. The van der Waals surface area contributed by atoms with E-state index >= 15 is 4.79 Å². The number of aliphatic hydroxyl groups excluding tert-OH is 5. The standard InChI is InChI=1S/C45H51N3O14/c49-21-19-46-40(54)30-14-7-20-47(30)43(56)44-23-31-36-37(61-45(60-36,28-10-3-1-4-11-28)29-12-5-2-6-13-29)39(44)62-48(38(44)41(55)58-31)24-27-17-15-26(16-18-27)9-8-22-57-42-35(53)34(52)33(51)32(25-50)59-42/h1-6,8-13,15-18,30-39,42,49-53H,7,14,19-25H2,(H,46,54). The lowest BCUT2D eigenvalue weighted by Gasteiger charge is -2.50. The van der Waals surface area contributed by atoms with E-state index in [1.54, 1.807) is 17.1 Å². The Morgan fingerprint density at radius 3 is 2.26 bits per heavy atom. The van der Waals surface area contributed by atoms with Crippen LogP contribution in [0.4, 0.5) is 0 Å². The van der Waals surface area contributed by atoms with E-state index in [1.807, 2.05) is 84.9 Å². The molecular formula is C45H51N3O14. The first-order chi connectivity index (χ1) is 30.1. The number of nitrogens with one attached hydrogen (secondary N) is 1. The summed E-state index contributed by atoms with van der Waals surface area (Å²) in [5, 5.41) is 53.4. The number of amides is 2. The van der Waals surface area contributed by atoms with Crippen LogP contribution in [0.25, 0.3) is 6.08 Å². The number of nitrogens with zero attached hydrogens (tertiary/aromatic N) is 2. The molecule has 9 rings (SSSR count). The number of benzene rings is 3. The van der Waals surface area contributed by atoms with Crippen molar-refractivity contribution in [1.82, 2.24) is 15.3 Å². The normalized spacial score (nSPS) is 34.9. The Bertz CT molecular complexity index is 2070. The van der Waals surface area contributed by atoms with Crippen LogP contribution in [0.3, 0.4) is 0 Å². The van der Waals surface area contributed by atoms with E-state index in [-0.39, 0.29) is 38.6 Å². The van der Waals surface area contributed by atoms with Gasteiger partial charge < -0.3 is 59.4 Å². The maximum absolute atomic E-state index is 15.4. The quantitative estimate of drug-likeness (QED) is 0.126. The summed E-state index contributed by atoms with van der Waals surface area (Å²) in [5.74, 6) is -2.85. The number of hydrogen-bond acceptors (Lipinski definition) is 15. The number of esters is 1. The molecule has 2 amide bonds. The molecule has 0 aromatic heterocycles. The summed E-state index contributed by atoms with van der Waals surface area (Å²) in [6.07, 6.45) is -5.97. The van der Waals surface area contributed by atoms with Crippen LogP contribution in [0.15, 0.2) is 91.0 Å². The molecule has 3 aromatic rings. The number of ether oxygens (including phenoxy) is 5. The van der Waals surface area contributed by atoms with Gasteiger partial charge in [0.05, 0.1) is 26.4 Å². The van der Waals surface area contributed by atoms with Gasteiger partial charge in [0.2, 0.25) is 17.6 Å². The molecular weight excluding hydrogens is 807 g/mol. The van der Waals surface area contributed by atoms with Crippen molar-refractivity contribution >= 4 is 23.9 Å². The molecule has 5 saturated heterocycles. The molecule has 62 heavy (non-hydrogen) atoms. The third-order valence-electron chi connectivity index (χ3n) is 12.9. The number of fused-ring (bicyclic) bond motifs is 4. The molecule has 2 bridgehead atoms. The average Bonchev–Trinajstić information content (AvgIpc) is 4.04. The topological polar surface area (TPSA) is 226 Å². The lowest BCUT2D eigenvalue weighted by molar-refractivity contribution is -0.298. The zero-order valence-electron chi connectivity index (χ0n) is 33.8. The number of hydrogen-bond donors (Lipinski definition) is 6. The van der Waals surface area contributed by atoms with E-state index in [4.69, 9.17) is 28.5 Å². The van der Waals surface area contributed by atoms with Crippen molar-refractivity contribution in [3.63, 3.8) is 0 Å². The molecule has 12 atom stereocenters. The Hall–Kier alpha value is -4.63. The molecule has 6 fully saturated rings. The van der Waals surface area contributed by atoms with Gasteiger partial charge >= 0.3 is 5.97 Å². The zero-order valence-corrected chi connectivity index (χ0v) is 33.8. The summed E-state index contributed by atoms with van der Waals surface area (Å²) in [7, 11) is 0. The minimum absolute atomic E-state index is 0.0148. The van der Waals surface area contributed by atoms with Crippen LogP contribution in [0.5, 0.6) is 0 Å². The molecule has 17 nitrogen and oxygen atoms in total. The average molecular weight is 858 g/mol. The van der Waals surface area contributed by atoms with Gasteiger partial charge in [0.15, 0.2) is 12.3 Å². The maximum Gasteiger partial charge on any atom is 0.327 e. The molecule has 6 aliphatic rings. The number of carbonyl (C=O) groups excluding carboxylic acids is 3. The lowest BCUT2D eigenvalue weighted by Crippen LogP contribution is -2.70. The highest BCUT2D eigenvalue weighted by atomic mass is 16.8. The number of hydroxylamine groups is 2. The van der Waals surface area contributed by atoms with Crippen LogP contribution in [0.2, 0.25) is 0 Å². The van der Waals surface area contributed by atoms with E-state index in [2.05, 4.69) is 5.32 Å². The highest BCUT2D eigenvalue weighted by Crippen LogP contribution is 2.60. The number of carbonyl (C=O) groups is 3. The second-order valence-corrected chi connectivity index (χ2v) is 16.6. The Morgan fingerprint density at radius 1 is 0.887 bits per heavy atom. The first-order valence-corrected chi connectivity index (χ1v) is 21.1. The second-order valence-electron chi connectivity index (χ2n) is 16.6. The van der Waals surface area contributed by atoms with E-state index in [0.717, 1.165) is 11.1 Å². The van der Waals surface area contributed by atoms with E-state index in [1.165, 1.54) is 5.06 Å². The molecule has 5 aliphatic heterocycles. The Morgan fingerprint density at radius 2 is 1.58 bits per heavy atom. The van der Waals surface area contributed by atoms with Gasteiger partial charge in [-0.25, -0.2) is 0 Å². The largest absolute Gasteiger partial charge is 0.458 e. The molecule has 1 aliphatic carbocycles. The molecule has 1 saturated carbocycles. The number of likely N-dealkylation sites (tertiary alicyclic amines) is 1. The molecule has 17 heteroatoms. The molecule has 12 unspecified atom stereocenters. The lowest BCUT2D eigenvalue weighted by atomic mass is 9.62. The van der Waals surface area contributed by atoms with Crippen LogP contribution in [0.1, 0.15) is 41.5 Å². The molecule has 330 valence electrons. The van der Waals surface area contributed by atoms with Crippen molar-refractivity contribution in [3.05, 3.63) is 113 Å². The smallest absolute Gasteiger partial charge is 0.327 e. The third kappa shape index (κ3) is 7.34. The zero-order chi connectivity index (χ0) is 43.2. The van der Waals surface area contributed by atoms with Crippen LogP contribution in [-0.4, -0.2) is 153 Å². The highest BCUT2D eigenvalue weighted by molar-refractivity contribution is 5.96. The first-order valence-electron chi connectivity index (χ1n) is 21.1. The van der Waals surface area contributed by atoms with Crippen LogP contribution < -0.4 is 5.32 Å². The molecule has 3 aromatic carbocycles. The fraction of sp³-hybridized carbons (Fsp3) is 0.489. The van der Waals surface area contributed by atoms with Crippen molar-refractivity contribution in [2.24, 2.45) is 5.41 Å². The molecule has 0 spiro atoms. The van der Waals surface area contributed by atoms with Gasteiger partial charge in [-0.3, -0.25) is 19.2 Å².